The number of pyridine rings is 2. The monoisotopic (exact) mass is 1120 g/mol. The zero-order valence-corrected chi connectivity index (χ0v) is 48.1. The fourth-order valence-corrected chi connectivity index (χ4v) is 9.96. The lowest BCUT2D eigenvalue weighted by molar-refractivity contribution is -0.147. The van der Waals surface area contributed by atoms with E-state index in [1.165, 1.54) is 36.4 Å². The molecule has 8 rings (SSSR count). The van der Waals surface area contributed by atoms with E-state index < -0.39 is 47.1 Å². The normalized spacial score (nSPS) is 17.1. The lowest BCUT2D eigenvalue weighted by Gasteiger charge is -2.38. The third-order valence-electron chi connectivity index (χ3n) is 12.5. The number of rotatable bonds is 10. The zero-order chi connectivity index (χ0) is 57.4. The van der Waals surface area contributed by atoms with Crippen molar-refractivity contribution in [2.75, 3.05) is 34.4 Å². The second-order valence-electron chi connectivity index (χ2n) is 21.4. The SMILES string of the molecule is CCc1cc(NC(=O)C(=O)N2C[C@@H](C)CC[C@@H]2c2ccc(-c3nccs3)cc2)cnc1NC(=O)OC(C)(C)C.CCc1cc(NC(=O)C(=O)O)cnc1NC(=O)OC(C)(C)C.C[C@H]1CC[C@H](c2ccc(-c3nccs3)cc2)NC1. The molecule has 420 valence electrons. The van der Waals surface area contributed by atoms with Gasteiger partial charge in [-0.15, -0.1) is 22.7 Å². The molecule has 6 aromatic rings. The number of likely N-dealkylation sites (tertiary alicyclic amines) is 1. The second-order valence-corrected chi connectivity index (χ2v) is 23.1. The van der Waals surface area contributed by atoms with Gasteiger partial charge in [0.25, 0.3) is 0 Å². The summed E-state index contributed by atoms with van der Waals surface area (Å²) >= 11 is 3.27. The highest BCUT2D eigenvalue weighted by molar-refractivity contribution is 7.13. The number of carbonyl (C=O) groups excluding carboxylic acids is 5. The summed E-state index contributed by atoms with van der Waals surface area (Å²) in [6.07, 6.45) is 10.5. The van der Waals surface area contributed by atoms with Gasteiger partial charge >= 0.3 is 35.9 Å². The smallest absolute Gasteiger partial charge is 0.413 e. The predicted molar refractivity (Wildman–Crippen MR) is 309 cm³/mol. The van der Waals surface area contributed by atoms with E-state index >= 15 is 0 Å². The lowest BCUT2D eigenvalue weighted by Crippen LogP contribution is -2.46. The van der Waals surface area contributed by atoms with Crippen LogP contribution in [-0.2, 0) is 41.5 Å². The molecule has 21 heteroatoms. The van der Waals surface area contributed by atoms with Crippen LogP contribution in [0.2, 0.25) is 0 Å². The van der Waals surface area contributed by atoms with Crippen molar-refractivity contribution in [2.24, 2.45) is 11.8 Å². The van der Waals surface area contributed by atoms with Crippen LogP contribution in [0.15, 0.2) is 96.2 Å². The van der Waals surface area contributed by atoms with Gasteiger partial charge in [0.15, 0.2) is 0 Å². The van der Waals surface area contributed by atoms with Gasteiger partial charge in [-0.25, -0.2) is 34.3 Å². The van der Waals surface area contributed by atoms with Crippen molar-refractivity contribution in [3.8, 4) is 21.1 Å². The molecule has 4 aromatic heterocycles. The molecule has 2 aliphatic heterocycles. The van der Waals surface area contributed by atoms with Crippen LogP contribution < -0.4 is 26.6 Å². The third-order valence-corrected chi connectivity index (χ3v) is 14.2. The Bertz CT molecular complexity index is 3010. The molecule has 5 amide bonds. The van der Waals surface area contributed by atoms with Crippen LogP contribution in [0, 0.1) is 11.8 Å². The number of benzene rings is 2. The highest BCUT2D eigenvalue weighted by Crippen LogP contribution is 2.35. The number of piperidine rings is 2. The number of aliphatic carboxylic acids is 1. The molecule has 4 atom stereocenters. The van der Waals surface area contributed by atoms with Crippen LogP contribution in [0.25, 0.3) is 21.1 Å². The zero-order valence-electron chi connectivity index (χ0n) is 46.5. The summed E-state index contributed by atoms with van der Waals surface area (Å²) in [5, 5.41) is 28.2. The maximum atomic E-state index is 13.4. The molecule has 2 aromatic carbocycles. The first-order valence-electron chi connectivity index (χ1n) is 26.4. The predicted octanol–water partition coefficient (Wildman–Crippen LogP) is 11.9. The van der Waals surface area contributed by atoms with Gasteiger partial charge in [-0.1, -0.05) is 76.2 Å². The molecule has 0 radical (unpaired) electrons. The van der Waals surface area contributed by atoms with E-state index in [-0.39, 0.29) is 11.7 Å². The molecule has 6 heterocycles. The number of hydrogen-bond acceptors (Lipinski definition) is 15. The summed E-state index contributed by atoms with van der Waals surface area (Å²) in [5.74, 6) is -2.29. The molecule has 0 unspecified atom stereocenters. The van der Waals surface area contributed by atoms with Gasteiger partial charge in [0.05, 0.1) is 29.8 Å². The van der Waals surface area contributed by atoms with Crippen LogP contribution in [0.4, 0.5) is 32.6 Å². The molecule has 2 saturated heterocycles. The molecule has 0 saturated carbocycles. The van der Waals surface area contributed by atoms with Crippen LogP contribution >= 0.6 is 22.7 Å². The number of aromatic nitrogens is 4. The van der Waals surface area contributed by atoms with Gasteiger partial charge in [0, 0.05) is 46.9 Å². The van der Waals surface area contributed by atoms with Crippen molar-refractivity contribution in [1.82, 2.24) is 30.2 Å². The fourth-order valence-electron chi connectivity index (χ4n) is 8.67. The van der Waals surface area contributed by atoms with E-state index in [0.29, 0.717) is 59.8 Å². The molecular formula is C58H72N10O9S2. The maximum absolute atomic E-state index is 13.4. The first kappa shape index (κ1) is 60.6. The molecule has 0 bridgehead atoms. The summed E-state index contributed by atoms with van der Waals surface area (Å²) in [6.45, 7) is 20.4. The van der Waals surface area contributed by atoms with Gasteiger partial charge in [-0.05, 0) is 133 Å². The molecule has 79 heavy (non-hydrogen) atoms. The van der Waals surface area contributed by atoms with Crippen LogP contribution in [0.5, 0.6) is 0 Å². The molecule has 6 N–H and O–H groups in total. The molecule has 0 spiro atoms. The van der Waals surface area contributed by atoms with Crippen molar-refractivity contribution in [3.05, 3.63) is 118 Å². The number of nitrogens with one attached hydrogen (secondary N) is 5. The van der Waals surface area contributed by atoms with Crippen molar-refractivity contribution in [1.29, 1.82) is 0 Å². The van der Waals surface area contributed by atoms with E-state index in [1.54, 1.807) is 87.4 Å². The number of hydrogen-bond donors (Lipinski definition) is 6. The number of ether oxygens (including phenoxy) is 2. The van der Waals surface area contributed by atoms with E-state index in [9.17, 15) is 28.8 Å². The van der Waals surface area contributed by atoms with Crippen LogP contribution in [0.1, 0.15) is 129 Å². The average molecular weight is 1120 g/mol. The minimum Gasteiger partial charge on any atom is -0.474 e. The highest BCUT2D eigenvalue weighted by Gasteiger charge is 2.34. The van der Waals surface area contributed by atoms with Crippen molar-refractivity contribution < 1.29 is 43.3 Å². The molecule has 2 aliphatic rings. The van der Waals surface area contributed by atoms with Gasteiger partial charge in [-0.3, -0.25) is 25.0 Å². The Balaban J connectivity index is 0.000000212. The van der Waals surface area contributed by atoms with Crippen LogP contribution in [0.3, 0.4) is 0 Å². The molecular weight excluding hydrogens is 1040 g/mol. The molecule has 2 fully saturated rings. The Labute approximate surface area is 469 Å². The number of nitrogens with zero attached hydrogens (tertiary/aromatic N) is 5. The van der Waals surface area contributed by atoms with Gasteiger partial charge in [-0.2, -0.15) is 0 Å². The Morgan fingerprint density at radius 2 is 1.10 bits per heavy atom. The Kier molecular flexibility index (Phi) is 21.3. The number of amides is 5. The summed E-state index contributed by atoms with van der Waals surface area (Å²) < 4.78 is 10.4. The standard InChI is InChI=1S/C29H35N5O4S.C15H18N2S.C14H19N3O5/c1-6-19-15-22(16-31-24(19)33-28(37)38-29(3,4)5)32-25(35)27(36)34-17-18(2)7-12-23(34)20-8-10-21(11-9-20)26-30-13-14-39-26;1-11-2-7-14(17-10-11)12-3-5-13(6-4-12)15-16-8-9-18-15;1-5-8-6-9(16-11(18)12(19)20)7-15-10(8)17-13(21)22-14(2,3)4/h8-11,13-16,18,23H,6-7,12,17H2,1-5H3,(H,32,35)(H,31,33,37);3-6,8-9,11,14,17H,2,7,10H2,1H3;6-7H,5H2,1-4H3,(H,16,18)(H,19,20)(H,15,17,21)/t18-,23+;11-,14+;/m00./s1. The maximum Gasteiger partial charge on any atom is 0.413 e. The number of carbonyl (C=O) groups is 6. The van der Waals surface area contributed by atoms with E-state index in [2.05, 4.69) is 84.6 Å². The largest absolute Gasteiger partial charge is 0.474 e. The van der Waals surface area contributed by atoms with Crippen LogP contribution in [-0.4, -0.2) is 90.1 Å². The highest BCUT2D eigenvalue weighted by atomic mass is 32.1. The minimum atomic E-state index is -1.59. The first-order valence-corrected chi connectivity index (χ1v) is 28.1. The third kappa shape index (κ3) is 18.5. The summed E-state index contributed by atoms with van der Waals surface area (Å²) in [4.78, 5) is 90.7. The number of anilines is 4. The fraction of sp³-hybridized carbons (Fsp3) is 0.414. The van der Waals surface area contributed by atoms with Gasteiger partial charge in [0.2, 0.25) is 0 Å². The number of carboxylic acid groups (broad SMARTS) is 1. The summed E-state index contributed by atoms with van der Waals surface area (Å²) in [7, 11) is 0. The number of aryl methyl sites for hydroxylation is 2. The average Bonchev–Trinajstić information content (AvgIpc) is 4.22. The van der Waals surface area contributed by atoms with E-state index in [0.717, 1.165) is 46.4 Å². The van der Waals surface area contributed by atoms with E-state index in [4.69, 9.17) is 14.6 Å². The van der Waals surface area contributed by atoms with Crippen molar-refractivity contribution >= 4 is 81.6 Å². The summed E-state index contributed by atoms with van der Waals surface area (Å²) in [6, 6.07) is 20.5. The van der Waals surface area contributed by atoms with Gasteiger partial charge in [0.1, 0.15) is 32.9 Å². The Morgan fingerprint density at radius 3 is 1.52 bits per heavy atom. The topological polar surface area (TPSA) is 256 Å². The van der Waals surface area contributed by atoms with Crippen molar-refractivity contribution in [3.63, 3.8) is 0 Å². The summed E-state index contributed by atoms with van der Waals surface area (Å²) in [5.41, 5.74) is 5.33. The minimum absolute atomic E-state index is 0.186. The lowest BCUT2D eigenvalue weighted by atomic mass is 9.89. The number of thiazole rings is 2. The van der Waals surface area contributed by atoms with Crippen molar-refractivity contribution in [2.45, 2.75) is 131 Å². The first-order chi connectivity index (χ1) is 37.5. The second kappa shape index (κ2) is 27.8. The van der Waals surface area contributed by atoms with Gasteiger partial charge < -0.3 is 35.4 Å². The quantitative estimate of drug-likeness (QED) is 0.0698. The number of carboxylic acids is 1. The van der Waals surface area contributed by atoms with E-state index in [1.807, 2.05) is 55.1 Å². The molecule has 19 nitrogen and oxygen atoms in total. The Morgan fingerprint density at radius 1 is 0.633 bits per heavy atom. The molecule has 0 aliphatic carbocycles. The Hall–Kier alpha value is -7.62.